The zero-order valence-corrected chi connectivity index (χ0v) is 15.3. The molecule has 4 nitrogen and oxygen atoms in total. The van der Waals surface area contributed by atoms with Gasteiger partial charge >= 0.3 is 0 Å². The van der Waals surface area contributed by atoms with E-state index in [9.17, 15) is 4.79 Å². The summed E-state index contributed by atoms with van der Waals surface area (Å²) in [5.41, 5.74) is 5.71. The molecule has 22 heavy (non-hydrogen) atoms. The van der Waals surface area contributed by atoms with Crippen LogP contribution >= 0.6 is 39.9 Å². The second kappa shape index (κ2) is 9.60. The number of hydrogen-bond acceptors (Lipinski definition) is 3. The summed E-state index contributed by atoms with van der Waals surface area (Å²) in [5, 5.41) is 3.70. The Bertz CT molecular complexity index is 502. The van der Waals surface area contributed by atoms with Crippen molar-refractivity contribution in [3.8, 4) is 5.75 Å². The molecular formula is C15H21BrCl2N2O2. The fourth-order valence-electron chi connectivity index (χ4n) is 2.63. The van der Waals surface area contributed by atoms with E-state index in [1.165, 1.54) is 0 Å². The van der Waals surface area contributed by atoms with Crippen LogP contribution in [0.1, 0.15) is 25.7 Å². The van der Waals surface area contributed by atoms with Gasteiger partial charge in [0.1, 0.15) is 5.75 Å². The molecule has 0 bridgehead atoms. The fraction of sp³-hybridized carbons (Fsp3) is 0.533. The van der Waals surface area contributed by atoms with Crippen molar-refractivity contribution < 1.29 is 9.53 Å². The topological polar surface area (TPSA) is 64.3 Å². The highest BCUT2D eigenvalue weighted by atomic mass is 79.9. The van der Waals surface area contributed by atoms with Crippen molar-refractivity contribution in [1.29, 1.82) is 0 Å². The molecule has 1 fully saturated rings. The highest BCUT2D eigenvalue weighted by molar-refractivity contribution is 9.10. The maximum absolute atomic E-state index is 11.9. The zero-order valence-electron chi connectivity index (χ0n) is 12.2. The third kappa shape index (κ3) is 5.61. The van der Waals surface area contributed by atoms with Gasteiger partial charge in [0.2, 0.25) is 5.91 Å². The lowest BCUT2D eigenvalue weighted by Gasteiger charge is -2.19. The molecule has 3 N–H and O–H groups in total. The van der Waals surface area contributed by atoms with Gasteiger partial charge in [0.25, 0.3) is 0 Å². The minimum absolute atomic E-state index is 0. The summed E-state index contributed by atoms with van der Waals surface area (Å²) in [6.45, 7) is 0.977. The molecular weight excluding hydrogens is 391 g/mol. The molecule has 7 heteroatoms. The Morgan fingerprint density at radius 2 is 2.23 bits per heavy atom. The van der Waals surface area contributed by atoms with E-state index in [-0.39, 0.29) is 24.4 Å². The Kier molecular flexibility index (Phi) is 8.54. The first kappa shape index (κ1) is 19.6. The largest absolute Gasteiger partial charge is 0.492 e. The normalized spacial score (nSPS) is 20.3. The van der Waals surface area contributed by atoms with Gasteiger partial charge in [0.05, 0.1) is 17.5 Å². The van der Waals surface area contributed by atoms with Gasteiger partial charge in [-0.25, -0.2) is 0 Å². The lowest BCUT2D eigenvalue weighted by molar-refractivity contribution is -0.122. The van der Waals surface area contributed by atoms with E-state index in [1.54, 1.807) is 18.2 Å². The number of nitrogens with one attached hydrogen (secondary N) is 1. The minimum Gasteiger partial charge on any atom is -0.492 e. The lowest BCUT2D eigenvalue weighted by atomic mass is 10.0. The van der Waals surface area contributed by atoms with Crippen molar-refractivity contribution in [2.45, 2.75) is 31.7 Å². The summed E-state index contributed by atoms with van der Waals surface area (Å²) in [6.07, 6.45) is 3.61. The van der Waals surface area contributed by atoms with Gasteiger partial charge in [0.15, 0.2) is 0 Å². The van der Waals surface area contributed by atoms with Crippen LogP contribution in [0.25, 0.3) is 0 Å². The molecule has 1 aromatic rings. The molecule has 124 valence electrons. The third-order valence-corrected chi connectivity index (χ3v) is 4.64. The standard InChI is InChI=1S/C15H20BrClN2O2.ClH/c16-12-8-11(17)4-5-14(12)21-7-6-15(20)19-13-3-1-2-10(13)9-18;/h4-5,8,10,13H,1-3,6-7,9,18H2,(H,19,20);1H. The molecule has 0 aliphatic heterocycles. The number of amides is 1. The first-order chi connectivity index (χ1) is 10.1. The average molecular weight is 412 g/mol. The van der Waals surface area contributed by atoms with E-state index in [0.29, 0.717) is 36.3 Å². The van der Waals surface area contributed by atoms with E-state index in [1.807, 2.05) is 0 Å². The summed E-state index contributed by atoms with van der Waals surface area (Å²) in [5.74, 6) is 1.12. The number of halogens is 3. The predicted octanol–water partition coefficient (Wildman–Crippen LogP) is 3.54. The fourth-order valence-corrected chi connectivity index (χ4v) is 3.43. The molecule has 1 aliphatic carbocycles. The van der Waals surface area contributed by atoms with Crippen LogP contribution in [-0.2, 0) is 4.79 Å². The molecule has 2 rings (SSSR count). The predicted molar refractivity (Wildman–Crippen MR) is 94.8 cm³/mol. The third-order valence-electron chi connectivity index (χ3n) is 3.79. The van der Waals surface area contributed by atoms with Gasteiger partial charge in [-0.15, -0.1) is 12.4 Å². The van der Waals surface area contributed by atoms with Crippen LogP contribution in [0.2, 0.25) is 5.02 Å². The molecule has 1 saturated carbocycles. The van der Waals surface area contributed by atoms with Gasteiger partial charge in [0, 0.05) is 11.1 Å². The Morgan fingerprint density at radius 3 is 2.91 bits per heavy atom. The molecule has 2 atom stereocenters. The molecule has 0 radical (unpaired) electrons. The number of carbonyl (C=O) groups is 1. The molecule has 2 unspecified atom stereocenters. The van der Waals surface area contributed by atoms with Crippen molar-refractivity contribution in [2.24, 2.45) is 11.7 Å². The van der Waals surface area contributed by atoms with Gasteiger partial charge < -0.3 is 15.8 Å². The number of carbonyl (C=O) groups excluding carboxylic acids is 1. The molecule has 1 aliphatic rings. The van der Waals surface area contributed by atoms with Crippen LogP contribution in [0.5, 0.6) is 5.75 Å². The van der Waals surface area contributed by atoms with Crippen LogP contribution in [0.15, 0.2) is 22.7 Å². The van der Waals surface area contributed by atoms with Gasteiger partial charge in [-0.05, 0) is 59.4 Å². The smallest absolute Gasteiger partial charge is 0.223 e. The summed E-state index contributed by atoms with van der Waals surface area (Å²) in [7, 11) is 0. The summed E-state index contributed by atoms with van der Waals surface area (Å²) < 4.78 is 6.38. The maximum atomic E-state index is 11.9. The number of hydrogen-bond donors (Lipinski definition) is 2. The maximum Gasteiger partial charge on any atom is 0.223 e. The quantitative estimate of drug-likeness (QED) is 0.752. The molecule has 1 aromatic carbocycles. The van der Waals surface area contributed by atoms with Crippen LogP contribution in [0, 0.1) is 5.92 Å². The van der Waals surface area contributed by atoms with Crippen molar-refractivity contribution in [3.05, 3.63) is 27.7 Å². The van der Waals surface area contributed by atoms with E-state index in [0.717, 1.165) is 23.7 Å². The van der Waals surface area contributed by atoms with Gasteiger partial charge in [-0.1, -0.05) is 18.0 Å². The highest BCUT2D eigenvalue weighted by Crippen LogP contribution is 2.28. The Hall–Kier alpha value is -0.490. The lowest BCUT2D eigenvalue weighted by Crippen LogP contribution is -2.40. The van der Waals surface area contributed by atoms with E-state index in [4.69, 9.17) is 22.1 Å². The first-order valence-electron chi connectivity index (χ1n) is 7.17. The number of ether oxygens (including phenoxy) is 1. The van der Waals surface area contributed by atoms with Gasteiger partial charge in [-0.2, -0.15) is 0 Å². The zero-order chi connectivity index (χ0) is 15.2. The van der Waals surface area contributed by atoms with Crippen molar-refractivity contribution in [3.63, 3.8) is 0 Å². The van der Waals surface area contributed by atoms with Crippen molar-refractivity contribution in [1.82, 2.24) is 5.32 Å². The van der Waals surface area contributed by atoms with Crippen LogP contribution < -0.4 is 15.8 Å². The van der Waals surface area contributed by atoms with E-state index < -0.39 is 0 Å². The monoisotopic (exact) mass is 410 g/mol. The molecule has 0 aromatic heterocycles. The molecule has 0 heterocycles. The number of rotatable bonds is 6. The second-order valence-corrected chi connectivity index (χ2v) is 6.56. The number of nitrogens with two attached hydrogens (primary N) is 1. The van der Waals surface area contributed by atoms with Crippen LogP contribution in [-0.4, -0.2) is 25.1 Å². The Balaban J connectivity index is 0.00000242. The van der Waals surface area contributed by atoms with Crippen molar-refractivity contribution >= 4 is 45.8 Å². The van der Waals surface area contributed by atoms with Crippen molar-refractivity contribution in [2.75, 3.05) is 13.2 Å². The highest BCUT2D eigenvalue weighted by Gasteiger charge is 2.27. The SMILES string of the molecule is Cl.NCC1CCCC1NC(=O)CCOc1ccc(Cl)cc1Br. The van der Waals surface area contributed by atoms with Crippen LogP contribution in [0.3, 0.4) is 0 Å². The second-order valence-electron chi connectivity index (χ2n) is 5.27. The van der Waals surface area contributed by atoms with Crippen LogP contribution in [0.4, 0.5) is 0 Å². The minimum atomic E-state index is 0. The molecule has 0 saturated heterocycles. The Morgan fingerprint density at radius 1 is 1.45 bits per heavy atom. The molecule has 1 amide bonds. The summed E-state index contributed by atoms with van der Waals surface area (Å²) >= 11 is 9.24. The summed E-state index contributed by atoms with van der Waals surface area (Å²) in [6, 6.07) is 5.53. The van der Waals surface area contributed by atoms with E-state index in [2.05, 4.69) is 21.2 Å². The average Bonchev–Trinajstić information content (AvgIpc) is 2.88. The first-order valence-corrected chi connectivity index (χ1v) is 8.34. The molecule has 0 spiro atoms. The number of benzene rings is 1. The Labute approximate surface area is 150 Å². The van der Waals surface area contributed by atoms with E-state index >= 15 is 0 Å². The van der Waals surface area contributed by atoms with Gasteiger partial charge in [-0.3, -0.25) is 4.79 Å². The summed E-state index contributed by atoms with van der Waals surface area (Å²) in [4.78, 5) is 11.9.